The highest BCUT2D eigenvalue weighted by molar-refractivity contribution is 7.99. The Morgan fingerprint density at radius 3 is 1.94 bits per heavy atom. The number of furan rings is 1. The van der Waals surface area contributed by atoms with Crippen LogP contribution in [0.25, 0.3) is 33.1 Å². The minimum absolute atomic E-state index is 0.720. The molecular weight excluding hydrogens is 470 g/mol. The Morgan fingerprint density at radius 1 is 0.629 bits per heavy atom. The number of para-hydroxylation sites is 4. The molecule has 35 heavy (non-hydrogen) atoms. The second kappa shape index (κ2) is 8.24. The lowest BCUT2D eigenvalue weighted by atomic mass is 10.0. The molecule has 2 heterocycles. The maximum absolute atomic E-state index is 9.69. The van der Waals surface area contributed by atoms with Crippen molar-refractivity contribution in [3.63, 3.8) is 0 Å². The van der Waals surface area contributed by atoms with Gasteiger partial charge in [-0.15, -0.1) is 0 Å². The van der Waals surface area contributed by atoms with Crippen LogP contribution in [0.15, 0.2) is 128 Å². The average Bonchev–Trinajstić information content (AvgIpc) is 3.31. The van der Waals surface area contributed by atoms with Gasteiger partial charge in [0, 0.05) is 43.9 Å². The van der Waals surface area contributed by atoms with Gasteiger partial charge in [-0.3, -0.25) is 0 Å². The predicted octanol–water partition coefficient (Wildman–Crippen LogP) is 9.75. The molecule has 7 rings (SSSR count). The maximum atomic E-state index is 9.69. The van der Waals surface area contributed by atoms with Crippen molar-refractivity contribution >= 4 is 62.8 Å². The number of nitrogens with zero attached hydrogens (tertiary/aromatic N) is 1. The van der Waals surface area contributed by atoms with E-state index >= 15 is 0 Å². The minimum atomic E-state index is 0.720. The van der Waals surface area contributed by atoms with E-state index in [1.54, 1.807) is 0 Å². The van der Waals surface area contributed by atoms with Gasteiger partial charge in [0.25, 0.3) is 0 Å². The summed E-state index contributed by atoms with van der Waals surface area (Å²) in [5.74, 6) is 0. The van der Waals surface area contributed by atoms with Crippen molar-refractivity contribution in [2.45, 2.75) is 14.7 Å². The van der Waals surface area contributed by atoms with E-state index in [1.807, 2.05) is 30.0 Å². The van der Waals surface area contributed by atoms with Crippen LogP contribution in [0, 0.1) is 0 Å². The first-order valence-corrected chi connectivity index (χ1v) is 12.9. The van der Waals surface area contributed by atoms with Crippen LogP contribution in [-0.4, -0.2) is 4.55 Å². The summed E-state index contributed by atoms with van der Waals surface area (Å²) in [5.41, 5.74) is 7.18. The fourth-order valence-electron chi connectivity index (χ4n) is 4.87. The lowest BCUT2D eigenvalue weighted by molar-refractivity contribution is 0.646. The lowest BCUT2D eigenvalue weighted by Gasteiger charge is -2.32. The first-order valence-electron chi connectivity index (χ1n) is 11.3. The number of hydrogen-bond donors (Lipinski definition) is 1. The second-order valence-electron chi connectivity index (χ2n) is 8.43. The normalized spacial score (nSPS) is 12.7. The smallest absolute Gasteiger partial charge is 0.151 e. The highest BCUT2D eigenvalue weighted by Crippen LogP contribution is 2.51. The quantitative estimate of drug-likeness (QED) is 0.250. The molecular formula is C30H19NO2S2. The molecule has 5 aromatic carbocycles. The van der Waals surface area contributed by atoms with Crippen LogP contribution in [0.3, 0.4) is 0 Å². The van der Waals surface area contributed by atoms with Crippen molar-refractivity contribution in [2.75, 3.05) is 4.90 Å². The van der Waals surface area contributed by atoms with E-state index < -0.39 is 0 Å². The number of anilines is 3. The van der Waals surface area contributed by atoms with E-state index in [0.29, 0.717) is 0 Å². The number of benzene rings is 5. The van der Waals surface area contributed by atoms with E-state index in [1.165, 1.54) is 21.2 Å². The Bertz CT molecular complexity index is 1680. The number of hydrogen-bond acceptors (Lipinski definition) is 5. The topological polar surface area (TPSA) is 36.6 Å². The molecule has 0 unspecified atom stereocenters. The van der Waals surface area contributed by atoms with Crippen LogP contribution >= 0.6 is 23.8 Å². The lowest BCUT2D eigenvalue weighted by Crippen LogP contribution is -2.14. The molecule has 0 fully saturated rings. The van der Waals surface area contributed by atoms with E-state index in [-0.39, 0.29) is 0 Å². The average molecular weight is 490 g/mol. The predicted molar refractivity (Wildman–Crippen MR) is 146 cm³/mol. The summed E-state index contributed by atoms with van der Waals surface area (Å²) in [6, 6.07) is 37.8. The zero-order valence-corrected chi connectivity index (χ0v) is 20.1. The summed E-state index contributed by atoms with van der Waals surface area (Å²) in [4.78, 5) is 5.55. The molecule has 0 aliphatic carbocycles. The molecule has 168 valence electrons. The summed E-state index contributed by atoms with van der Waals surface area (Å²) in [6.07, 6.45) is 0. The molecule has 6 aromatic rings. The maximum Gasteiger partial charge on any atom is 0.151 e. The molecule has 0 spiro atoms. The molecule has 1 aromatic heterocycles. The summed E-state index contributed by atoms with van der Waals surface area (Å²) in [5, 5.41) is 2.06. The van der Waals surface area contributed by atoms with Gasteiger partial charge in [-0.2, -0.15) is 0 Å². The fourth-order valence-corrected chi connectivity index (χ4v) is 6.30. The van der Waals surface area contributed by atoms with Gasteiger partial charge in [0.05, 0.1) is 16.3 Å². The third-order valence-electron chi connectivity index (χ3n) is 6.46. The summed E-state index contributed by atoms with van der Waals surface area (Å²) < 4.78 is 16.0. The molecule has 0 atom stereocenters. The van der Waals surface area contributed by atoms with Crippen molar-refractivity contribution in [3.8, 4) is 11.1 Å². The van der Waals surface area contributed by atoms with Gasteiger partial charge in [-0.25, -0.2) is 0 Å². The Hall–Kier alpha value is -3.64. The second-order valence-corrected chi connectivity index (χ2v) is 10.1. The molecule has 5 heteroatoms. The van der Waals surface area contributed by atoms with Crippen molar-refractivity contribution in [3.05, 3.63) is 109 Å². The SMILES string of the molecule is OSc1cccc2c1oc1c(-c3ccc(N4c5ccccc5Sc5ccccc54)cc3)cccc12. The van der Waals surface area contributed by atoms with Gasteiger partial charge in [0.15, 0.2) is 5.58 Å². The van der Waals surface area contributed by atoms with Crippen LogP contribution in [0.2, 0.25) is 0 Å². The standard InChI is InChI=1S/C30H19NO2S2/c32-35-28-14-6-9-23-22-8-5-7-21(29(22)33-30(23)28)19-15-17-20(18-16-19)31-24-10-1-3-12-26(24)34-27-13-4-2-11-25(27)31/h1-18,32H. The van der Waals surface area contributed by atoms with Crippen molar-refractivity contribution in [2.24, 2.45) is 0 Å². The Morgan fingerprint density at radius 2 is 1.26 bits per heavy atom. The van der Waals surface area contributed by atoms with Gasteiger partial charge < -0.3 is 13.9 Å². The van der Waals surface area contributed by atoms with Crippen LogP contribution in [0.5, 0.6) is 0 Å². The van der Waals surface area contributed by atoms with E-state index in [2.05, 4.69) is 95.9 Å². The van der Waals surface area contributed by atoms with Crippen LogP contribution in [0.4, 0.5) is 17.1 Å². The summed E-state index contributed by atoms with van der Waals surface area (Å²) in [6.45, 7) is 0. The van der Waals surface area contributed by atoms with Gasteiger partial charge in [0.2, 0.25) is 0 Å². The molecule has 0 amide bonds. The zero-order chi connectivity index (χ0) is 23.4. The largest absolute Gasteiger partial charge is 0.454 e. The fraction of sp³-hybridized carbons (Fsp3) is 0. The van der Waals surface area contributed by atoms with Crippen LogP contribution < -0.4 is 4.90 Å². The molecule has 3 nitrogen and oxygen atoms in total. The summed E-state index contributed by atoms with van der Waals surface area (Å²) >= 11 is 2.53. The molecule has 1 N–H and O–H groups in total. The van der Waals surface area contributed by atoms with Gasteiger partial charge in [-0.05, 0) is 48.0 Å². The molecule has 1 aliphatic heterocycles. The van der Waals surface area contributed by atoms with Gasteiger partial charge in [0.1, 0.15) is 5.58 Å². The third kappa shape index (κ3) is 3.27. The van der Waals surface area contributed by atoms with Gasteiger partial charge in [-0.1, -0.05) is 78.5 Å². The van der Waals surface area contributed by atoms with Gasteiger partial charge >= 0.3 is 0 Å². The highest BCUT2D eigenvalue weighted by Gasteiger charge is 2.24. The van der Waals surface area contributed by atoms with Crippen LogP contribution in [-0.2, 0) is 0 Å². The first kappa shape index (κ1) is 20.7. The molecule has 0 saturated heterocycles. The third-order valence-corrected chi connectivity index (χ3v) is 8.10. The summed E-state index contributed by atoms with van der Waals surface area (Å²) in [7, 11) is 0. The minimum Gasteiger partial charge on any atom is -0.454 e. The number of rotatable bonds is 3. The monoisotopic (exact) mass is 489 g/mol. The van der Waals surface area contributed by atoms with Crippen molar-refractivity contribution in [1.29, 1.82) is 0 Å². The molecule has 0 saturated carbocycles. The molecule has 0 radical (unpaired) electrons. The van der Waals surface area contributed by atoms with Crippen LogP contribution in [0.1, 0.15) is 0 Å². The Kier molecular flexibility index (Phi) is 4.87. The molecule has 1 aliphatic rings. The number of fused-ring (bicyclic) bond motifs is 5. The molecule has 0 bridgehead atoms. The van der Waals surface area contributed by atoms with Crippen molar-refractivity contribution < 1.29 is 8.97 Å². The van der Waals surface area contributed by atoms with E-state index in [9.17, 15) is 4.55 Å². The van der Waals surface area contributed by atoms with Crippen molar-refractivity contribution in [1.82, 2.24) is 0 Å². The van der Waals surface area contributed by atoms with E-state index in [0.717, 1.165) is 55.7 Å². The Balaban J connectivity index is 1.36. The van der Waals surface area contributed by atoms with E-state index in [4.69, 9.17) is 4.42 Å². The highest BCUT2D eigenvalue weighted by atomic mass is 32.2. The Labute approximate surface area is 211 Å². The first-order chi connectivity index (χ1) is 17.3. The zero-order valence-electron chi connectivity index (χ0n) is 18.5.